The number of carbonyl (C=O) groups excluding carboxylic acids is 2. The third kappa shape index (κ3) is 5.97. The van der Waals surface area contributed by atoms with Crippen molar-refractivity contribution < 1.29 is 28.9 Å². The number of ether oxygens (including phenoxy) is 3. The zero-order valence-corrected chi connectivity index (χ0v) is 22.9. The number of likely N-dealkylation sites (tertiary alicyclic amines) is 1. The second-order valence-electron chi connectivity index (χ2n) is 10.5. The van der Waals surface area contributed by atoms with Crippen LogP contribution in [-0.2, 0) is 20.7 Å². The summed E-state index contributed by atoms with van der Waals surface area (Å²) in [5.74, 6) is 0.0467. The fourth-order valence-electron chi connectivity index (χ4n) is 5.57. The first kappa shape index (κ1) is 27.2. The quantitative estimate of drug-likeness (QED) is 0.210. The second kappa shape index (κ2) is 12.2. The number of Topliss-reactive ketones (excluding diaryl/α,β-unsaturated/α-hetero) is 1. The molecule has 8 nitrogen and oxygen atoms in total. The molecule has 0 unspecified atom stereocenters. The smallest absolute Gasteiger partial charge is 0.295 e. The van der Waals surface area contributed by atoms with Crippen LogP contribution >= 0.6 is 0 Å². The van der Waals surface area contributed by atoms with Gasteiger partial charge in [-0.25, -0.2) is 0 Å². The van der Waals surface area contributed by atoms with Crippen LogP contribution in [0.25, 0.3) is 5.76 Å². The van der Waals surface area contributed by atoms with Gasteiger partial charge in [0, 0.05) is 38.2 Å². The van der Waals surface area contributed by atoms with Crippen LogP contribution in [0.3, 0.4) is 0 Å². The van der Waals surface area contributed by atoms with Gasteiger partial charge in [-0.15, -0.1) is 0 Å². The molecule has 1 amide bonds. The Bertz CT molecular complexity index is 1240. The maximum atomic E-state index is 13.5. The minimum Gasteiger partial charge on any atom is -0.507 e. The number of hydrogen-bond donors (Lipinski definition) is 1. The van der Waals surface area contributed by atoms with E-state index in [1.807, 2.05) is 43.3 Å². The zero-order valence-electron chi connectivity index (χ0n) is 22.9. The maximum Gasteiger partial charge on any atom is 0.295 e. The maximum absolute atomic E-state index is 13.5. The normalized spacial score (nSPS) is 22.7. The summed E-state index contributed by atoms with van der Waals surface area (Å²) in [5.41, 5.74) is 2.34. The van der Waals surface area contributed by atoms with Crippen molar-refractivity contribution in [2.45, 2.75) is 51.7 Å². The molecule has 1 N–H and O–H groups in total. The van der Waals surface area contributed by atoms with Crippen molar-refractivity contribution in [1.82, 2.24) is 9.80 Å². The summed E-state index contributed by atoms with van der Waals surface area (Å²) < 4.78 is 17.3. The first-order valence-corrected chi connectivity index (χ1v) is 14.1. The van der Waals surface area contributed by atoms with E-state index in [0.29, 0.717) is 44.2 Å². The SMILES string of the molecule is CCCCCOc1cccc([C@H]2C(=C(O)c3ccc4c(c3)C[C@@H](C)O4)C(=O)C(=O)N2CCN2CCOCC2)c1. The van der Waals surface area contributed by atoms with Gasteiger partial charge in [0.2, 0.25) is 0 Å². The molecular formula is C31H38N2O6. The van der Waals surface area contributed by atoms with Crippen molar-refractivity contribution in [3.8, 4) is 11.5 Å². The number of rotatable bonds is 10. The molecule has 2 aromatic carbocycles. The first-order chi connectivity index (χ1) is 19.0. The predicted octanol–water partition coefficient (Wildman–Crippen LogP) is 4.33. The molecule has 0 aromatic heterocycles. The van der Waals surface area contributed by atoms with E-state index in [1.54, 1.807) is 11.0 Å². The van der Waals surface area contributed by atoms with Crippen molar-refractivity contribution in [2.24, 2.45) is 0 Å². The third-order valence-corrected chi connectivity index (χ3v) is 7.66. The predicted molar refractivity (Wildman–Crippen MR) is 148 cm³/mol. The molecule has 0 aliphatic carbocycles. The number of amides is 1. The van der Waals surface area contributed by atoms with Gasteiger partial charge in [0.1, 0.15) is 23.4 Å². The number of benzene rings is 2. The zero-order chi connectivity index (χ0) is 27.4. The summed E-state index contributed by atoms with van der Waals surface area (Å²) in [6.45, 7) is 8.60. The van der Waals surface area contributed by atoms with Crippen LogP contribution in [0.15, 0.2) is 48.0 Å². The molecule has 3 heterocycles. The monoisotopic (exact) mass is 534 g/mol. The molecule has 0 bridgehead atoms. The Morgan fingerprint density at radius 2 is 1.90 bits per heavy atom. The van der Waals surface area contributed by atoms with Gasteiger partial charge in [0.15, 0.2) is 0 Å². The van der Waals surface area contributed by atoms with Crippen molar-refractivity contribution >= 4 is 17.4 Å². The van der Waals surface area contributed by atoms with Gasteiger partial charge in [-0.05, 0) is 54.8 Å². The molecule has 2 aromatic rings. The van der Waals surface area contributed by atoms with Gasteiger partial charge in [-0.3, -0.25) is 14.5 Å². The summed E-state index contributed by atoms with van der Waals surface area (Å²) >= 11 is 0. The average molecular weight is 535 g/mol. The van der Waals surface area contributed by atoms with Crippen LogP contribution < -0.4 is 9.47 Å². The molecule has 3 aliphatic rings. The van der Waals surface area contributed by atoms with E-state index in [9.17, 15) is 14.7 Å². The molecule has 208 valence electrons. The van der Waals surface area contributed by atoms with Crippen LogP contribution in [0.2, 0.25) is 0 Å². The molecule has 8 heteroatoms. The lowest BCUT2D eigenvalue weighted by molar-refractivity contribution is -0.140. The molecule has 2 fully saturated rings. The Labute approximate surface area is 230 Å². The topological polar surface area (TPSA) is 88.5 Å². The van der Waals surface area contributed by atoms with E-state index in [1.165, 1.54) is 0 Å². The van der Waals surface area contributed by atoms with E-state index in [0.717, 1.165) is 55.6 Å². The van der Waals surface area contributed by atoms with Gasteiger partial charge in [-0.1, -0.05) is 31.9 Å². The molecule has 39 heavy (non-hydrogen) atoms. The Hall–Kier alpha value is -3.36. The molecule has 2 atom stereocenters. The molecule has 0 spiro atoms. The van der Waals surface area contributed by atoms with Crippen molar-refractivity contribution in [3.63, 3.8) is 0 Å². The van der Waals surface area contributed by atoms with E-state index < -0.39 is 17.7 Å². The number of hydrogen-bond acceptors (Lipinski definition) is 7. The van der Waals surface area contributed by atoms with Crippen molar-refractivity contribution in [3.05, 3.63) is 64.7 Å². The number of ketones is 1. The van der Waals surface area contributed by atoms with Gasteiger partial charge >= 0.3 is 0 Å². The fourth-order valence-corrected chi connectivity index (χ4v) is 5.57. The number of fused-ring (bicyclic) bond motifs is 1. The summed E-state index contributed by atoms with van der Waals surface area (Å²) in [4.78, 5) is 30.7. The van der Waals surface area contributed by atoms with Crippen LogP contribution in [0.4, 0.5) is 0 Å². The lowest BCUT2D eigenvalue weighted by atomic mass is 9.94. The minimum atomic E-state index is -0.714. The van der Waals surface area contributed by atoms with E-state index >= 15 is 0 Å². The summed E-state index contributed by atoms with van der Waals surface area (Å²) in [6.07, 6.45) is 3.94. The second-order valence-corrected chi connectivity index (χ2v) is 10.5. The lowest BCUT2D eigenvalue weighted by Crippen LogP contribution is -2.42. The summed E-state index contributed by atoms with van der Waals surface area (Å²) in [6, 6.07) is 12.3. The fraction of sp³-hybridized carbons (Fsp3) is 0.484. The number of unbranched alkanes of at least 4 members (excludes halogenated alkanes) is 2. The van der Waals surface area contributed by atoms with Crippen molar-refractivity contribution in [2.75, 3.05) is 46.0 Å². The van der Waals surface area contributed by atoms with Gasteiger partial charge < -0.3 is 24.2 Å². The number of aliphatic hydroxyl groups excluding tert-OH is 1. The number of aliphatic hydroxyl groups is 1. The molecule has 0 saturated carbocycles. The Balaban J connectivity index is 1.49. The molecule has 3 aliphatic heterocycles. The minimum absolute atomic E-state index is 0.0585. The Morgan fingerprint density at radius 1 is 1.08 bits per heavy atom. The Kier molecular flexibility index (Phi) is 8.53. The highest BCUT2D eigenvalue weighted by Crippen LogP contribution is 2.41. The average Bonchev–Trinajstić information content (AvgIpc) is 3.45. The van der Waals surface area contributed by atoms with E-state index in [2.05, 4.69) is 11.8 Å². The van der Waals surface area contributed by atoms with Crippen molar-refractivity contribution in [1.29, 1.82) is 0 Å². The van der Waals surface area contributed by atoms with Gasteiger partial charge in [-0.2, -0.15) is 0 Å². The van der Waals surface area contributed by atoms with Gasteiger partial charge in [0.25, 0.3) is 11.7 Å². The van der Waals surface area contributed by atoms with Crippen LogP contribution in [-0.4, -0.2) is 78.7 Å². The highest BCUT2D eigenvalue weighted by atomic mass is 16.5. The van der Waals surface area contributed by atoms with Crippen LogP contribution in [0, 0.1) is 0 Å². The van der Waals surface area contributed by atoms with Crippen LogP contribution in [0.5, 0.6) is 11.5 Å². The molecule has 2 saturated heterocycles. The third-order valence-electron chi connectivity index (χ3n) is 7.66. The summed E-state index contributed by atoms with van der Waals surface area (Å²) in [5, 5.41) is 11.5. The van der Waals surface area contributed by atoms with Crippen LogP contribution in [0.1, 0.15) is 55.8 Å². The highest BCUT2D eigenvalue weighted by Gasteiger charge is 2.46. The first-order valence-electron chi connectivity index (χ1n) is 14.1. The standard InChI is InChI=1S/C31H38N2O6/c1-3-4-5-15-38-25-8-6-7-22(20-25)28-27(29(34)23-9-10-26-24(19-23)18-21(2)39-26)30(35)31(36)33(28)12-11-32-13-16-37-17-14-32/h6-10,19-21,28,34H,3-5,11-18H2,1-2H3/t21-,28+/m1/s1. The summed E-state index contributed by atoms with van der Waals surface area (Å²) in [7, 11) is 0. The highest BCUT2D eigenvalue weighted by molar-refractivity contribution is 6.46. The molecule has 5 rings (SSSR count). The van der Waals surface area contributed by atoms with Gasteiger partial charge in [0.05, 0.1) is 31.4 Å². The van der Waals surface area contributed by atoms with E-state index in [4.69, 9.17) is 14.2 Å². The lowest BCUT2D eigenvalue weighted by Gasteiger charge is -2.31. The Morgan fingerprint density at radius 3 is 2.69 bits per heavy atom. The number of carbonyl (C=O) groups is 2. The van der Waals surface area contributed by atoms with E-state index in [-0.39, 0.29) is 17.4 Å². The number of nitrogens with zero attached hydrogens (tertiary/aromatic N) is 2. The molecular weight excluding hydrogens is 496 g/mol. The molecule has 0 radical (unpaired) electrons. The largest absolute Gasteiger partial charge is 0.507 e. The number of morpholine rings is 1.